The molecule has 1 saturated heterocycles. The molecule has 6 heteroatoms. The van der Waals surface area contributed by atoms with Gasteiger partial charge in [0.1, 0.15) is 0 Å². The Morgan fingerprint density at radius 3 is 2.48 bits per heavy atom. The molecule has 0 bridgehead atoms. The van der Waals surface area contributed by atoms with Crippen LogP contribution in [0, 0.1) is 17.2 Å². The summed E-state index contributed by atoms with van der Waals surface area (Å²) in [6.45, 7) is 3.53. The Kier molecular flexibility index (Phi) is 5.24. The molecule has 6 nitrogen and oxygen atoms in total. The molecule has 1 aliphatic heterocycles. The SMILES string of the molecule is CC(NC(=O)C1CCN(c2ncccn2)CC1)c1ccc(C#N)cc1. The van der Waals surface area contributed by atoms with E-state index in [9.17, 15) is 4.79 Å². The van der Waals surface area contributed by atoms with Crippen LogP contribution in [0.15, 0.2) is 42.7 Å². The normalized spacial score (nSPS) is 16.1. The molecule has 0 aliphatic carbocycles. The number of nitriles is 1. The van der Waals surface area contributed by atoms with Crippen molar-refractivity contribution < 1.29 is 4.79 Å². The lowest BCUT2D eigenvalue weighted by Crippen LogP contribution is -2.41. The molecule has 1 aromatic heterocycles. The minimum atomic E-state index is -0.0734. The lowest BCUT2D eigenvalue weighted by molar-refractivity contribution is -0.126. The molecule has 0 radical (unpaired) electrons. The van der Waals surface area contributed by atoms with Gasteiger partial charge in [0.05, 0.1) is 17.7 Å². The molecular formula is C19H21N5O. The number of nitrogens with one attached hydrogen (secondary N) is 1. The summed E-state index contributed by atoms with van der Waals surface area (Å²) in [7, 11) is 0. The van der Waals surface area contributed by atoms with Crippen molar-refractivity contribution in [2.24, 2.45) is 5.92 Å². The third-order valence-electron chi connectivity index (χ3n) is 4.60. The molecule has 1 aliphatic rings. The number of amides is 1. The fourth-order valence-corrected chi connectivity index (χ4v) is 3.06. The van der Waals surface area contributed by atoms with E-state index in [0.29, 0.717) is 5.56 Å². The van der Waals surface area contributed by atoms with E-state index in [1.807, 2.05) is 19.1 Å². The highest BCUT2D eigenvalue weighted by Crippen LogP contribution is 2.22. The number of nitrogens with zero attached hydrogens (tertiary/aromatic N) is 4. The fraction of sp³-hybridized carbons (Fsp3) is 0.368. The third-order valence-corrected chi connectivity index (χ3v) is 4.60. The summed E-state index contributed by atoms with van der Waals surface area (Å²) in [5.74, 6) is 0.832. The molecule has 128 valence electrons. The first-order valence-corrected chi connectivity index (χ1v) is 8.50. The van der Waals surface area contributed by atoms with E-state index < -0.39 is 0 Å². The van der Waals surface area contributed by atoms with Crippen molar-refractivity contribution in [2.75, 3.05) is 18.0 Å². The Hall–Kier alpha value is -2.94. The molecule has 1 fully saturated rings. The maximum absolute atomic E-state index is 12.5. The Bertz CT molecular complexity index is 746. The zero-order valence-electron chi connectivity index (χ0n) is 14.2. The summed E-state index contributed by atoms with van der Waals surface area (Å²) in [6, 6.07) is 11.2. The molecule has 3 rings (SSSR count). The Morgan fingerprint density at radius 1 is 1.24 bits per heavy atom. The van der Waals surface area contributed by atoms with Crippen molar-refractivity contribution in [2.45, 2.75) is 25.8 Å². The van der Waals surface area contributed by atoms with Gasteiger partial charge in [0, 0.05) is 31.4 Å². The van der Waals surface area contributed by atoms with Crippen LogP contribution in [0.25, 0.3) is 0 Å². The minimum Gasteiger partial charge on any atom is -0.349 e. The fourth-order valence-electron chi connectivity index (χ4n) is 3.06. The predicted octanol–water partition coefficient (Wildman–Crippen LogP) is 2.44. The zero-order valence-corrected chi connectivity index (χ0v) is 14.2. The summed E-state index contributed by atoms with van der Waals surface area (Å²) in [4.78, 5) is 23.2. The van der Waals surface area contributed by atoms with Gasteiger partial charge in [-0.15, -0.1) is 0 Å². The minimum absolute atomic E-state index is 0.0146. The second-order valence-corrected chi connectivity index (χ2v) is 6.27. The molecule has 1 amide bonds. The number of benzene rings is 1. The molecule has 2 aromatic rings. The Labute approximate surface area is 147 Å². The van der Waals surface area contributed by atoms with Crippen molar-refractivity contribution in [1.29, 1.82) is 5.26 Å². The highest BCUT2D eigenvalue weighted by molar-refractivity contribution is 5.79. The zero-order chi connectivity index (χ0) is 17.6. The van der Waals surface area contributed by atoms with Gasteiger partial charge in [0.25, 0.3) is 0 Å². The standard InChI is InChI=1S/C19H21N5O/c1-14(16-5-3-15(13-20)4-6-16)23-18(25)17-7-11-24(12-8-17)19-21-9-2-10-22-19/h2-6,9-10,14,17H,7-8,11-12H2,1H3,(H,23,25). The van der Waals surface area contributed by atoms with Crippen molar-refractivity contribution in [3.63, 3.8) is 0 Å². The summed E-state index contributed by atoms with van der Waals surface area (Å²) in [5, 5.41) is 11.9. The van der Waals surface area contributed by atoms with E-state index >= 15 is 0 Å². The average molecular weight is 335 g/mol. The average Bonchev–Trinajstić information content (AvgIpc) is 2.68. The third kappa shape index (κ3) is 4.13. The highest BCUT2D eigenvalue weighted by atomic mass is 16.1. The van der Waals surface area contributed by atoms with E-state index in [4.69, 9.17) is 5.26 Å². The van der Waals surface area contributed by atoms with Crippen molar-refractivity contribution in [3.8, 4) is 6.07 Å². The predicted molar refractivity (Wildman–Crippen MR) is 94.7 cm³/mol. The van der Waals surface area contributed by atoms with E-state index in [1.54, 1.807) is 30.6 Å². The number of hydrogen-bond acceptors (Lipinski definition) is 5. The maximum Gasteiger partial charge on any atom is 0.225 e. The van der Waals surface area contributed by atoms with Crippen LogP contribution in [-0.2, 0) is 4.79 Å². The molecule has 1 aromatic carbocycles. The number of carbonyl (C=O) groups is 1. The van der Waals surface area contributed by atoms with E-state index in [1.165, 1.54) is 0 Å². The molecule has 1 N–H and O–H groups in total. The van der Waals surface area contributed by atoms with Crippen LogP contribution in [-0.4, -0.2) is 29.0 Å². The van der Waals surface area contributed by atoms with Gasteiger partial charge in [0.15, 0.2) is 0 Å². The smallest absolute Gasteiger partial charge is 0.225 e. The van der Waals surface area contributed by atoms with Crippen LogP contribution < -0.4 is 10.2 Å². The lowest BCUT2D eigenvalue weighted by Gasteiger charge is -2.31. The second kappa shape index (κ2) is 7.75. The number of rotatable bonds is 4. The van der Waals surface area contributed by atoms with Gasteiger partial charge < -0.3 is 10.2 Å². The lowest BCUT2D eigenvalue weighted by atomic mass is 9.95. The van der Waals surface area contributed by atoms with Gasteiger partial charge in [-0.05, 0) is 43.5 Å². The monoisotopic (exact) mass is 335 g/mol. The Balaban J connectivity index is 1.53. The first-order chi connectivity index (χ1) is 12.2. The largest absolute Gasteiger partial charge is 0.349 e. The van der Waals surface area contributed by atoms with Crippen LogP contribution in [0.3, 0.4) is 0 Å². The number of aromatic nitrogens is 2. The van der Waals surface area contributed by atoms with Gasteiger partial charge in [-0.1, -0.05) is 12.1 Å². The molecule has 2 heterocycles. The quantitative estimate of drug-likeness (QED) is 0.928. The molecule has 0 spiro atoms. The number of piperidine rings is 1. The molecule has 1 unspecified atom stereocenters. The van der Waals surface area contributed by atoms with Gasteiger partial charge in [0.2, 0.25) is 11.9 Å². The molecule has 1 atom stereocenters. The van der Waals surface area contributed by atoms with Crippen molar-refractivity contribution in [3.05, 3.63) is 53.9 Å². The molecular weight excluding hydrogens is 314 g/mol. The Morgan fingerprint density at radius 2 is 1.88 bits per heavy atom. The summed E-state index contributed by atoms with van der Waals surface area (Å²) in [6.07, 6.45) is 5.06. The van der Waals surface area contributed by atoms with Gasteiger partial charge in [-0.3, -0.25) is 4.79 Å². The topological polar surface area (TPSA) is 81.9 Å². The molecule has 25 heavy (non-hydrogen) atoms. The summed E-state index contributed by atoms with van der Waals surface area (Å²) in [5.41, 5.74) is 1.63. The number of carbonyl (C=O) groups excluding carboxylic acids is 1. The first-order valence-electron chi connectivity index (χ1n) is 8.50. The van der Waals surface area contributed by atoms with Gasteiger partial charge in [-0.2, -0.15) is 5.26 Å². The highest BCUT2D eigenvalue weighted by Gasteiger charge is 2.26. The van der Waals surface area contributed by atoms with E-state index in [2.05, 4.69) is 26.3 Å². The van der Waals surface area contributed by atoms with Crippen LogP contribution in [0.4, 0.5) is 5.95 Å². The van der Waals surface area contributed by atoms with Crippen molar-refractivity contribution in [1.82, 2.24) is 15.3 Å². The van der Waals surface area contributed by atoms with Crippen LogP contribution in [0.1, 0.15) is 36.9 Å². The number of hydrogen-bond donors (Lipinski definition) is 1. The van der Waals surface area contributed by atoms with E-state index in [-0.39, 0.29) is 17.9 Å². The maximum atomic E-state index is 12.5. The molecule has 0 saturated carbocycles. The van der Waals surface area contributed by atoms with Gasteiger partial charge >= 0.3 is 0 Å². The first kappa shape index (κ1) is 16.9. The summed E-state index contributed by atoms with van der Waals surface area (Å²) < 4.78 is 0. The van der Waals surface area contributed by atoms with Crippen molar-refractivity contribution >= 4 is 11.9 Å². The van der Waals surface area contributed by atoms with Gasteiger partial charge in [-0.25, -0.2) is 9.97 Å². The second-order valence-electron chi connectivity index (χ2n) is 6.27. The number of anilines is 1. The van der Waals surface area contributed by atoms with Crippen LogP contribution in [0.2, 0.25) is 0 Å². The summed E-state index contributed by atoms with van der Waals surface area (Å²) >= 11 is 0. The van der Waals surface area contributed by atoms with Crippen LogP contribution >= 0.6 is 0 Å². The van der Waals surface area contributed by atoms with E-state index in [0.717, 1.165) is 37.4 Å². The van der Waals surface area contributed by atoms with Crippen LogP contribution in [0.5, 0.6) is 0 Å².